The first-order valence-electron chi connectivity index (χ1n) is 6.44. The van der Waals surface area contributed by atoms with Gasteiger partial charge in [0, 0.05) is 17.6 Å². The molecule has 1 aromatic carbocycles. The molecule has 0 aliphatic carbocycles. The number of rotatable bonds is 7. The number of nitrogen functional groups attached to an aromatic ring is 1. The van der Waals surface area contributed by atoms with Crippen LogP contribution < -0.4 is 11.3 Å². The molecule has 0 radical (unpaired) electrons. The van der Waals surface area contributed by atoms with Gasteiger partial charge in [-0.15, -0.1) is 0 Å². The number of furan rings is 1. The number of nitrogens with one attached hydrogen (secondary N) is 1. The van der Waals surface area contributed by atoms with Gasteiger partial charge >= 0.3 is 5.91 Å². The van der Waals surface area contributed by atoms with Crippen LogP contribution in [0, 0.1) is 0 Å². The second kappa shape index (κ2) is 7.04. The van der Waals surface area contributed by atoms with E-state index in [0.29, 0.717) is 31.0 Å². The molecule has 6 heteroatoms. The number of benzene rings is 1. The van der Waals surface area contributed by atoms with Crippen molar-refractivity contribution in [2.24, 2.45) is 5.84 Å². The molecule has 1 aromatic heterocycles. The lowest BCUT2D eigenvalue weighted by molar-refractivity contribution is 0.0449. The van der Waals surface area contributed by atoms with Gasteiger partial charge in [0.25, 0.3) is 0 Å². The normalized spacial score (nSPS) is 10.9. The van der Waals surface area contributed by atoms with E-state index in [0.717, 1.165) is 5.39 Å². The van der Waals surface area contributed by atoms with Gasteiger partial charge in [-0.1, -0.05) is 18.2 Å². The van der Waals surface area contributed by atoms with Crippen molar-refractivity contribution in [1.29, 1.82) is 0 Å². The predicted octanol–water partition coefficient (Wildman–Crippen LogP) is 1.59. The Labute approximate surface area is 116 Å². The van der Waals surface area contributed by atoms with Crippen LogP contribution in [0.5, 0.6) is 0 Å². The Morgan fingerprint density at radius 3 is 2.80 bits per heavy atom. The van der Waals surface area contributed by atoms with E-state index < -0.39 is 5.91 Å². The van der Waals surface area contributed by atoms with Crippen LogP contribution in [-0.4, -0.2) is 25.7 Å². The van der Waals surface area contributed by atoms with Gasteiger partial charge in [-0.25, -0.2) is 5.84 Å². The molecule has 0 spiro atoms. The quantitative estimate of drug-likeness (QED) is 0.347. The van der Waals surface area contributed by atoms with Crippen LogP contribution in [0.15, 0.2) is 28.7 Å². The fourth-order valence-corrected chi connectivity index (χ4v) is 1.93. The number of hydrazine groups is 1. The van der Waals surface area contributed by atoms with E-state index in [2.05, 4.69) is 5.43 Å². The van der Waals surface area contributed by atoms with Crippen LogP contribution >= 0.6 is 0 Å². The van der Waals surface area contributed by atoms with Crippen LogP contribution in [-0.2, 0) is 16.1 Å². The van der Waals surface area contributed by atoms with Crippen LogP contribution in [0.2, 0.25) is 0 Å². The lowest BCUT2D eigenvalue weighted by atomic mass is 10.1. The van der Waals surface area contributed by atoms with Crippen molar-refractivity contribution in [3.05, 3.63) is 35.6 Å². The summed E-state index contributed by atoms with van der Waals surface area (Å²) < 4.78 is 16.2. The minimum absolute atomic E-state index is 0.185. The van der Waals surface area contributed by atoms with Gasteiger partial charge in [0.05, 0.1) is 19.8 Å². The van der Waals surface area contributed by atoms with Crippen molar-refractivity contribution < 1.29 is 18.7 Å². The van der Waals surface area contributed by atoms with E-state index >= 15 is 0 Å². The predicted molar refractivity (Wildman–Crippen MR) is 74.0 cm³/mol. The van der Waals surface area contributed by atoms with E-state index in [4.69, 9.17) is 19.7 Å². The van der Waals surface area contributed by atoms with E-state index in [9.17, 15) is 4.79 Å². The molecule has 108 valence electrons. The molecule has 1 heterocycles. The highest BCUT2D eigenvalue weighted by molar-refractivity contribution is 5.98. The molecular formula is C14H18N2O4. The Morgan fingerprint density at radius 2 is 2.05 bits per heavy atom. The Hall–Kier alpha value is -1.89. The maximum Gasteiger partial charge on any atom is 0.301 e. The molecule has 2 rings (SSSR count). The summed E-state index contributed by atoms with van der Waals surface area (Å²) in [4.78, 5) is 11.7. The van der Waals surface area contributed by atoms with Crippen molar-refractivity contribution in [3.8, 4) is 0 Å². The number of hydrogen-bond acceptors (Lipinski definition) is 5. The SMILES string of the molecule is CCOCCOCc1c(C(=O)NN)oc2ccccc12. The highest BCUT2D eigenvalue weighted by Crippen LogP contribution is 2.26. The van der Waals surface area contributed by atoms with Crippen molar-refractivity contribution in [2.45, 2.75) is 13.5 Å². The first-order chi connectivity index (χ1) is 9.77. The summed E-state index contributed by atoms with van der Waals surface area (Å²) in [5.41, 5.74) is 3.41. The van der Waals surface area contributed by atoms with Crippen molar-refractivity contribution >= 4 is 16.9 Å². The molecule has 1 amide bonds. The Bertz CT molecular complexity index is 580. The summed E-state index contributed by atoms with van der Waals surface area (Å²) in [5.74, 6) is 4.89. The number of carbonyl (C=O) groups excluding carboxylic acids is 1. The monoisotopic (exact) mass is 278 g/mol. The number of carbonyl (C=O) groups is 1. The van der Waals surface area contributed by atoms with Gasteiger partial charge in [-0.2, -0.15) is 0 Å². The van der Waals surface area contributed by atoms with Crippen LogP contribution in [0.3, 0.4) is 0 Å². The Morgan fingerprint density at radius 1 is 1.30 bits per heavy atom. The Balaban J connectivity index is 2.18. The van der Waals surface area contributed by atoms with Crippen LogP contribution in [0.4, 0.5) is 0 Å². The van der Waals surface area contributed by atoms with E-state index in [-0.39, 0.29) is 12.4 Å². The third-order valence-corrected chi connectivity index (χ3v) is 2.86. The Kier molecular flexibility index (Phi) is 5.11. The van der Waals surface area contributed by atoms with Crippen molar-refractivity contribution in [1.82, 2.24) is 5.43 Å². The maximum atomic E-state index is 11.7. The number of hydrogen-bond donors (Lipinski definition) is 2. The first-order valence-corrected chi connectivity index (χ1v) is 6.44. The van der Waals surface area contributed by atoms with Gasteiger partial charge in [-0.05, 0) is 13.0 Å². The molecule has 0 bridgehead atoms. The van der Waals surface area contributed by atoms with Crippen LogP contribution in [0.25, 0.3) is 11.0 Å². The van der Waals surface area contributed by atoms with Gasteiger partial charge in [0.2, 0.25) is 0 Å². The second-order valence-corrected chi connectivity index (χ2v) is 4.13. The van der Waals surface area contributed by atoms with E-state index in [1.54, 1.807) is 6.07 Å². The summed E-state index contributed by atoms with van der Waals surface area (Å²) in [6.07, 6.45) is 0. The zero-order valence-corrected chi connectivity index (χ0v) is 11.3. The van der Waals surface area contributed by atoms with Gasteiger partial charge < -0.3 is 13.9 Å². The lowest BCUT2D eigenvalue weighted by Gasteiger charge is -2.05. The maximum absolute atomic E-state index is 11.7. The smallest absolute Gasteiger partial charge is 0.301 e. The molecule has 2 aromatic rings. The number of nitrogens with two attached hydrogens (primary N) is 1. The molecule has 6 nitrogen and oxygen atoms in total. The van der Waals surface area contributed by atoms with E-state index in [1.807, 2.05) is 25.1 Å². The largest absolute Gasteiger partial charge is 0.450 e. The summed E-state index contributed by atoms with van der Waals surface area (Å²) in [6, 6.07) is 7.40. The van der Waals surface area contributed by atoms with Gasteiger partial charge in [0.1, 0.15) is 5.58 Å². The summed E-state index contributed by atoms with van der Waals surface area (Å²) in [7, 11) is 0. The highest BCUT2D eigenvalue weighted by atomic mass is 16.5. The summed E-state index contributed by atoms with van der Waals surface area (Å²) in [5, 5.41) is 0.850. The minimum Gasteiger partial charge on any atom is -0.450 e. The second-order valence-electron chi connectivity index (χ2n) is 4.13. The fourth-order valence-electron chi connectivity index (χ4n) is 1.93. The van der Waals surface area contributed by atoms with Gasteiger partial charge in [0.15, 0.2) is 5.76 Å². The first kappa shape index (κ1) is 14.5. The van der Waals surface area contributed by atoms with Crippen LogP contribution in [0.1, 0.15) is 23.0 Å². The molecule has 0 aliphatic heterocycles. The molecule has 0 aliphatic rings. The standard InChI is InChI=1S/C14H18N2O4/c1-2-18-7-8-19-9-11-10-5-3-4-6-12(10)20-13(11)14(17)16-15/h3-6H,2,7-9,15H2,1H3,(H,16,17). The number of ether oxygens (including phenoxy) is 2. The van der Waals surface area contributed by atoms with Gasteiger partial charge in [-0.3, -0.25) is 10.2 Å². The molecule has 0 atom stereocenters. The zero-order chi connectivity index (χ0) is 14.4. The van der Waals surface area contributed by atoms with Crippen molar-refractivity contribution in [2.75, 3.05) is 19.8 Å². The number of fused-ring (bicyclic) bond motifs is 1. The molecule has 0 unspecified atom stereocenters. The molecular weight excluding hydrogens is 260 g/mol. The lowest BCUT2D eigenvalue weighted by Crippen LogP contribution is -2.30. The van der Waals surface area contributed by atoms with Crippen molar-refractivity contribution in [3.63, 3.8) is 0 Å². The molecule has 0 fully saturated rings. The molecule has 0 saturated heterocycles. The third kappa shape index (κ3) is 3.16. The molecule has 0 saturated carbocycles. The van der Waals surface area contributed by atoms with E-state index in [1.165, 1.54) is 0 Å². The zero-order valence-electron chi connectivity index (χ0n) is 11.3. The number of amides is 1. The minimum atomic E-state index is -0.468. The fraction of sp³-hybridized carbons (Fsp3) is 0.357. The summed E-state index contributed by atoms with van der Waals surface area (Å²) >= 11 is 0. The average Bonchev–Trinajstić information content (AvgIpc) is 2.85. The average molecular weight is 278 g/mol. The summed E-state index contributed by atoms with van der Waals surface area (Å²) in [6.45, 7) is 3.82. The highest BCUT2D eigenvalue weighted by Gasteiger charge is 2.19. The number of para-hydroxylation sites is 1. The third-order valence-electron chi connectivity index (χ3n) is 2.86. The topological polar surface area (TPSA) is 86.7 Å². The molecule has 20 heavy (non-hydrogen) atoms. The molecule has 3 N–H and O–H groups in total.